The number of hydrogen-bond donors (Lipinski definition) is 2. The lowest BCUT2D eigenvalue weighted by Crippen LogP contribution is -2.52. The Kier molecular flexibility index (Phi) is 6.24. The van der Waals surface area contributed by atoms with Crippen molar-refractivity contribution in [1.29, 1.82) is 5.26 Å². The Morgan fingerprint density at radius 2 is 2.00 bits per heavy atom. The van der Waals surface area contributed by atoms with Crippen LogP contribution in [0.1, 0.15) is 52.5 Å². The normalized spacial score (nSPS) is 27.6. The van der Waals surface area contributed by atoms with Gasteiger partial charge in [0.1, 0.15) is 0 Å². The quantitative estimate of drug-likeness (QED) is 0.844. The third-order valence-corrected chi connectivity index (χ3v) is 5.90. The van der Waals surface area contributed by atoms with Crippen LogP contribution in [0.4, 0.5) is 5.69 Å². The molecule has 2 N–H and O–H groups in total. The first-order valence-corrected chi connectivity index (χ1v) is 9.26. The number of hydrogen-bond acceptors (Lipinski definition) is 3. The highest BCUT2D eigenvalue weighted by molar-refractivity contribution is 5.96. The molecule has 4 nitrogen and oxygen atoms in total. The zero-order chi connectivity index (χ0) is 18.6. The second-order valence-corrected chi connectivity index (χ2v) is 7.91. The van der Waals surface area contributed by atoms with Gasteiger partial charge in [-0.2, -0.15) is 5.26 Å². The predicted octanol–water partition coefficient (Wildman–Crippen LogP) is 4.15. The molecule has 1 saturated carbocycles. The topological polar surface area (TPSA) is 73.1 Å². The molecule has 0 radical (unpaired) electrons. The third-order valence-electron chi connectivity index (χ3n) is 5.90. The van der Waals surface area contributed by atoms with Gasteiger partial charge < -0.3 is 10.4 Å². The number of carbonyl (C=O) groups excluding carboxylic acids is 1. The molecule has 1 aliphatic rings. The number of nitrogens with one attached hydrogen (secondary N) is 1. The Morgan fingerprint density at radius 3 is 2.52 bits per heavy atom. The van der Waals surface area contributed by atoms with E-state index in [0.717, 1.165) is 30.5 Å². The minimum absolute atomic E-state index is 0.00772. The number of rotatable bonds is 5. The van der Waals surface area contributed by atoms with Crippen LogP contribution in [0.5, 0.6) is 0 Å². The lowest BCUT2D eigenvalue weighted by atomic mass is 9.56. The van der Waals surface area contributed by atoms with Crippen molar-refractivity contribution < 1.29 is 9.90 Å². The van der Waals surface area contributed by atoms with E-state index in [4.69, 9.17) is 5.26 Å². The highest BCUT2D eigenvalue weighted by Gasteiger charge is 2.52. The van der Waals surface area contributed by atoms with Gasteiger partial charge in [-0.1, -0.05) is 32.9 Å². The Balaban J connectivity index is 2.26. The molecule has 1 aromatic carbocycles. The molecule has 136 valence electrons. The van der Waals surface area contributed by atoms with Crippen LogP contribution in [0, 0.1) is 34.5 Å². The van der Waals surface area contributed by atoms with Crippen LogP contribution in [0.25, 0.3) is 0 Å². The summed E-state index contributed by atoms with van der Waals surface area (Å²) in [6.07, 6.45) is 2.56. The van der Waals surface area contributed by atoms with Gasteiger partial charge in [-0.25, -0.2) is 0 Å². The summed E-state index contributed by atoms with van der Waals surface area (Å²) >= 11 is 0. The first kappa shape index (κ1) is 19.5. The minimum atomic E-state index is -0.550. The first-order valence-electron chi connectivity index (χ1n) is 9.26. The van der Waals surface area contributed by atoms with Crippen molar-refractivity contribution in [2.45, 2.75) is 59.5 Å². The van der Waals surface area contributed by atoms with Gasteiger partial charge in [-0.05, 0) is 61.6 Å². The van der Waals surface area contributed by atoms with Crippen molar-refractivity contribution in [1.82, 2.24) is 0 Å². The standard InChI is InChI=1S/C21H30N2O2/c1-14(2)21(11-9-15(3)13-19(21)16(4)24)20(25)23-18-7-5-17(6-8-18)10-12-22/h5-8,14-16,19,24H,9-11,13H2,1-4H3,(H,23,25). The molecule has 1 aliphatic carbocycles. The van der Waals surface area contributed by atoms with Crippen LogP contribution < -0.4 is 5.32 Å². The summed E-state index contributed by atoms with van der Waals surface area (Å²) < 4.78 is 0. The van der Waals surface area contributed by atoms with E-state index in [1.807, 2.05) is 31.2 Å². The number of nitriles is 1. The lowest BCUT2D eigenvalue weighted by molar-refractivity contribution is -0.141. The summed E-state index contributed by atoms with van der Waals surface area (Å²) in [5.74, 6) is 0.657. The molecule has 2 rings (SSSR count). The third kappa shape index (κ3) is 4.04. The first-order chi connectivity index (χ1) is 11.8. The van der Waals surface area contributed by atoms with Crippen molar-refractivity contribution in [3.8, 4) is 6.07 Å². The number of carbonyl (C=O) groups is 1. The highest BCUT2D eigenvalue weighted by atomic mass is 16.3. The largest absolute Gasteiger partial charge is 0.393 e. The maximum absolute atomic E-state index is 13.3. The lowest BCUT2D eigenvalue weighted by Gasteiger charge is -2.48. The van der Waals surface area contributed by atoms with Crippen LogP contribution >= 0.6 is 0 Å². The zero-order valence-corrected chi connectivity index (χ0v) is 15.7. The molecule has 1 amide bonds. The fourth-order valence-corrected chi connectivity index (χ4v) is 4.37. The minimum Gasteiger partial charge on any atom is -0.393 e. The summed E-state index contributed by atoms with van der Waals surface area (Å²) in [7, 11) is 0. The van der Waals surface area contributed by atoms with Gasteiger partial charge in [-0.3, -0.25) is 4.79 Å². The molecule has 0 spiro atoms. The van der Waals surface area contributed by atoms with Gasteiger partial charge in [0.25, 0.3) is 0 Å². The summed E-state index contributed by atoms with van der Waals surface area (Å²) in [5.41, 5.74) is 1.13. The highest BCUT2D eigenvalue weighted by Crippen LogP contribution is 2.50. The molecule has 1 aromatic rings. The molecule has 0 aliphatic heterocycles. The number of amides is 1. The molecular formula is C21H30N2O2. The van der Waals surface area contributed by atoms with Gasteiger partial charge >= 0.3 is 0 Å². The molecule has 0 bridgehead atoms. The molecule has 25 heavy (non-hydrogen) atoms. The fourth-order valence-electron chi connectivity index (χ4n) is 4.37. The van der Waals surface area contributed by atoms with E-state index in [2.05, 4.69) is 32.2 Å². The van der Waals surface area contributed by atoms with E-state index in [-0.39, 0.29) is 17.7 Å². The van der Waals surface area contributed by atoms with E-state index in [1.54, 1.807) is 0 Å². The fraction of sp³-hybridized carbons (Fsp3) is 0.619. The number of nitrogens with zero attached hydrogens (tertiary/aromatic N) is 1. The smallest absolute Gasteiger partial charge is 0.231 e. The summed E-state index contributed by atoms with van der Waals surface area (Å²) in [6, 6.07) is 9.56. The molecule has 4 heteroatoms. The molecule has 0 aromatic heterocycles. The SMILES string of the molecule is CC1CCC(C(=O)Nc2ccc(CC#N)cc2)(C(C)C)C(C(C)O)C1. The average Bonchev–Trinajstić information content (AvgIpc) is 2.56. The van der Waals surface area contributed by atoms with Crippen LogP contribution in [0.15, 0.2) is 24.3 Å². The summed E-state index contributed by atoms with van der Waals surface area (Å²) in [5, 5.41) is 22.2. The van der Waals surface area contributed by atoms with E-state index < -0.39 is 11.5 Å². The maximum atomic E-state index is 13.3. The maximum Gasteiger partial charge on any atom is 0.231 e. The molecule has 4 unspecified atom stereocenters. The van der Waals surface area contributed by atoms with Crippen LogP contribution in [0.2, 0.25) is 0 Å². The molecule has 4 atom stereocenters. The van der Waals surface area contributed by atoms with E-state index >= 15 is 0 Å². The van der Waals surface area contributed by atoms with Crippen molar-refractivity contribution in [2.24, 2.45) is 23.2 Å². The van der Waals surface area contributed by atoms with Crippen molar-refractivity contribution in [3.05, 3.63) is 29.8 Å². The number of benzene rings is 1. The molecule has 1 fully saturated rings. The van der Waals surface area contributed by atoms with E-state index in [9.17, 15) is 9.90 Å². The van der Waals surface area contributed by atoms with Crippen molar-refractivity contribution >= 4 is 11.6 Å². The summed E-state index contributed by atoms with van der Waals surface area (Å²) in [4.78, 5) is 13.3. The summed E-state index contributed by atoms with van der Waals surface area (Å²) in [6.45, 7) is 8.18. The van der Waals surface area contributed by atoms with Gasteiger partial charge in [0.2, 0.25) is 5.91 Å². The molecular weight excluding hydrogens is 312 g/mol. The second-order valence-electron chi connectivity index (χ2n) is 7.91. The molecule has 0 heterocycles. The van der Waals surface area contributed by atoms with Crippen LogP contribution in [-0.4, -0.2) is 17.1 Å². The zero-order valence-electron chi connectivity index (χ0n) is 15.7. The Hall–Kier alpha value is -1.86. The van der Waals surface area contributed by atoms with Crippen molar-refractivity contribution in [3.63, 3.8) is 0 Å². The Labute approximate surface area is 151 Å². The second kappa shape index (κ2) is 8.01. The molecule has 0 saturated heterocycles. The Bertz CT molecular complexity index is 630. The van der Waals surface area contributed by atoms with E-state index in [1.165, 1.54) is 0 Å². The van der Waals surface area contributed by atoms with Gasteiger partial charge in [0.05, 0.1) is 24.0 Å². The van der Waals surface area contributed by atoms with Crippen LogP contribution in [0.3, 0.4) is 0 Å². The van der Waals surface area contributed by atoms with Gasteiger partial charge in [0.15, 0.2) is 0 Å². The monoisotopic (exact) mass is 342 g/mol. The average molecular weight is 342 g/mol. The van der Waals surface area contributed by atoms with Crippen molar-refractivity contribution in [2.75, 3.05) is 5.32 Å². The Morgan fingerprint density at radius 1 is 1.36 bits per heavy atom. The van der Waals surface area contributed by atoms with E-state index in [0.29, 0.717) is 12.3 Å². The number of aliphatic hydroxyl groups is 1. The number of anilines is 1. The van der Waals surface area contributed by atoms with Crippen LogP contribution in [-0.2, 0) is 11.2 Å². The number of aliphatic hydroxyl groups excluding tert-OH is 1. The predicted molar refractivity (Wildman–Crippen MR) is 99.8 cm³/mol. The van der Waals surface area contributed by atoms with Gasteiger partial charge in [0, 0.05) is 5.69 Å². The van der Waals surface area contributed by atoms with Gasteiger partial charge in [-0.15, -0.1) is 0 Å².